The van der Waals surface area contributed by atoms with Crippen molar-refractivity contribution in [1.29, 1.82) is 0 Å². The largest absolute Gasteiger partial charge is 0.416 e. The molecule has 9 heteroatoms. The Morgan fingerprint density at radius 2 is 1.90 bits per heavy atom. The maximum absolute atomic E-state index is 12.8. The topological polar surface area (TPSA) is 81.7 Å². The molecule has 1 saturated carbocycles. The summed E-state index contributed by atoms with van der Waals surface area (Å²) >= 11 is 0. The fourth-order valence-corrected chi connectivity index (χ4v) is 4.04. The second-order valence-corrected chi connectivity index (χ2v) is 8.57. The van der Waals surface area contributed by atoms with E-state index in [1.54, 1.807) is 6.92 Å². The molecule has 1 aromatic rings. The Morgan fingerprint density at radius 1 is 1.23 bits per heavy atom. The minimum Gasteiger partial charge on any atom is -0.393 e. The van der Waals surface area contributed by atoms with Crippen LogP contribution in [0.3, 0.4) is 0 Å². The Hall–Kier alpha value is -2.13. The van der Waals surface area contributed by atoms with E-state index in [4.69, 9.17) is 0 Å². The second-order valence-electron chi connectivity index (χ2n) is 8.57. The minimum atomic E-state index is -4.55. The van der Waals surface area contributed by atoms with Crippen molar-refractivity contribution < 1.29 is 27.9 Å². The summed E-state index contributed by atoms with van der Waals surface area (Å²) in [6.07, 6.45) is -2.84. The first-order chi connectivity index (χ1) is 14.4. The van der Waals surface area contributed by atoms with Gasteiger partial charge in [-0.15, -0.1) is 0 Å². The lowest BCUT2D eigenvalue weighted by Gasteiger charge is -2.42. The first kappa shape index (κ1) is 25.1. The molecule has 1 fully saturated rings. The summed E-state index contributed by atoms with van der Waals surface area (Å²) in [6.45, 7) is 5.57. The monoisotopic (exact) mass is 443 g/mol. The smallest absolute Gasteiger partial charge is 0.393 e. The normalized spacial score (nSPS) is 23.0. The number of nitrogens with zero attached hydrogens (tertiary/aromatic N) is 1. The number of hydrogen-bond donors (Lipinski definition) is 3. The summed E-state index contributed by atoms with van der Waals surface area (Å²) in [4.78, 5) is 26.8. The Kier molecular flexibility index (Phi) is 8.48. The van der Waals surface area contributed by atoms with Crippen molar-refractivity contribution in [1.82, 2.24) is 15.5 Å². The van der Waals surface area contributed by atoms with Crippen LogP contribution in [-0.2, 0) is 11.0 Å². The first-order valence-corrected chi connectivity index (χ1v) is 10.5. The highest BCUT2D eigenvalue weighted by molar-refractivity contribution is 5.96. The standard InChI is InChI=1S/C22H32F3N3O3/c1-13(2)28(4)17-8-9-19(18(11-17)14(3)29)27-20(30)12-26-21(31)15-6-5-7-16(10-15)22(23,24)25/h5-7,10,13-14,17-19,29H,8-9,11-12H2,1-4H3,(H,26,31)(H,27,30)/t14-,17+,18+,19-/m0/s1. The van der Waals surface area contributed by atoms with E-state index in [2.05, 4.69) is 36.4 Å². The molecule has 6 nitrogen and oxygen atoms in total. The quantitative estimate of drug-likeness (QED) is 0.605. The third kappa shape index (κ3) is 6.93. The molecule has 2 rings (SSSR count). The van der Waals surface area contributed by atoms with Gasteiger partial charge in [0, 0.05) is 29.6 Å². The molecule has 0 unspecified atom stereocenters. The maximum Gasteiger partial charge on any atom is 0.416 e. The van der Waals surface area contributed by atoms with Gasteiger partial charge in [0.15, 0.2) is 0 Å². The van der Waals surface area contributed by atoms with Crippen LogP contribution in [-0.4, -0.2) is 59.6 Å². The molecule has 0 bridgehead atoms. The molecule has 1 aromatic carbocycles. The van der Waals surface area contributed by atoms with Gasteiger partial charge in [-0.05, 0) is 65.3 Å². The van der Waals surface area contributed by atoms with Gasteiger partial charge in [-0.2, -0.15) is 13.2 Å². The van der Waals surface area contributed by atoms with Gasteiger partial charge < -0.3 is 20.6 Å². The third-order valence-electron chi connectivity index (χ3n) is 6.09. The van der Waals surface area contributed by atoms with Crippen LogP contribution >= 0.6 is 0 Å². The number of carbonyl (C=O) groups is 2. The van der Waals surface area contributed by atoms with Crippen molar-refractivity contribution in [2.75, 3.05) is 13.6 Å². The molecular formula is C22H32F3N3O3. The maximum atomic E-state index is 12.8. The molecule has 0 spiro atoms. The van der Waals surface area contributed by atoms with Crippen LogP contribution < -0.4 is 10.6 Å². The highest BCUT2D eigenvalue weighted by atomic mass is 19.4. The summed E-state index contributed by atoms with van der Waals surface area (Å²) < 4.78 is 38.4. The van der Waals surface area contributed by atoms with Crippen LogP contribution in [0, 0.1) is 5.92 Å². The molecule has 2 amide bonds. The zero-order valence-electron chi connectivity index (χ0n) is 18.4. The first-order valence-electron chi connectivity index (χ1n) is 10.5. The lowest BCUT2D eigenvalue weighted by Crippen LogP contribution is -2.53. The van der Waals surface area contributed by atoms with Crippen LogP contribution in [0.5, 0.6) is 0 Å². The summed E-state index contributed by atoms with van der Waals surface area (Å²) in [5.74, 6) is -1.31. The van der Waals surface area contributed by atoms with E-state index < -0.39 is 29.7 Å². The van der Waals surface area contributed by atoms with Crippen LogP contribution in [0.2, 0.25) is 0 Å². The summed E-state index contributed by atoms with van der Waals surface area (Å²) in [7, 11) is 2.05. The molecule has 3 N–H and O–H groups in total. The van der Waals surface area contributed by atoms with Crippen molar-refractivity contribution in [2.45, 2.75) is 70.4 Å². The Morgan fingerprint density at radius 3 is 2.48 bits per heavy atom. The molecule has 0 radical (unpaired) electrons. The van der Waals surface area contributed by atoms with E-state index in [0.29, 0.717) is 18.5 Å². The number of aliphatic hydroxyl groups excluding tert-OH is 1. The van der Waals surface area contributed by atoms with E-state index in [1.807, 2.05) is 0 Å². The summed E-state index contributed by atoms with van der Waals surface area (Å²) in [5, 5.41) is 15.5. The van der Waals surface area contributed by atoms with Crippen molar-refractivity contribution in [2.24, 2.45) is 5.92 Å². The van der Waals surface area contributed by atoms with E-state index in [0.717, 1.165) is 31.0 Å². The zero-order chi connectivity index (χ0) is 23.3. The van der Waals surface area contributed by atoms with Crippen molar-refractivity contribution in [3.8, 4) is 0 Å². The molecule has 0 saturated heterocycles. The molecule has 1 aliphatic rings. The number of benzene rings is 1. The fraction of sp³-hybridized carbons (Fsp3) is 0.636. The Bertz CT molecular complexity index is 768. The number of amides is 2. The molecule has 1 aliphatic carbocycles. The summed E-state index contributed by atoms with van der Waals surface area (Å²) in [5.41, 5.74) is -1.09. The number of halogens is 3. The Balaban J connectivity index is 1.92. The van der Waals surface area contributed by atoms with E-state index >= 15 is 0 Å². The molecule has 0 aromatic heterocycles. The van der Waals surface area contributed by atoms with Crippen molar-refractivity contribution >= 4 is 11.8 Å². The number of carbonyl (C=O) groups excluding carboxylic acids is 2. The predicted molar refractivity (Wildman–Crippen MR) is 111 cm³/mol. The number of hydrogen-bond acceptors (Lipinski definition) is 4. The van der Waals surface area contributed by atoms with Gasteiger partial charge in [0.25, 0.3) is 5.91 Å². The molecule has 174 valence electrons. The van der Waals surface area contributed by atoms with Gasteiger partial charge in [-0.25, -0.2) is 0 Å². The number of rotatable bonds is 7. The van der Waals surface area contributed by atoms with Gasteiger partial charge in [-0.3, -0.25) is 9.59 Å². The molecule has 31 heavy (non-hydrogen) atoms. The van der Waals surface area contributed by atoms with Crippen LogP contribution in [0.4, 0.5) is 13.2 Å². The lowest BCUT2D eigenvalue weighted by molar-refractivity contribution is -0.137. The molecule has 0 heterocycles. The van der Waals surface area contributed by atoms with Crippen LogP contribution in [0.15, 0.2) is 24.3 Å². The number of alkyl halides is 3. The second kappa shape index (κ2) is 10.5. The van der Waals surface area contributed by atoms with Crippen LogP contribution in [0.1, 0.15) is 56.0 Å². The van der Waals surface area contributed by atoms with Crippen molar-refractivity contribution in [3.63, 3.8) is 0 Å². The zero-order valence-corrected chi connectivity index (χ0v) is 18.4. The van der Waals surface area contributed by atoms with Gasteiger partial charge in [-0.1, -0.05) is 6.07 Å². The fourth-order valence-electron chi connectivity index (χ4n) is 4.04. The van der Waals surface area contributed by atoms with E-state index in [-0.39, 0.29) is 24.1 Å². The minimum absolute atomic E-state index is 0.122. The predicted octanol–water partition coefficient (Wildman–Crippen LogP) is 2.81. The lowest BCUT2D eigenvalue weighted by atomic mass is 9.78. The average Bonchev–Trinajstić information content (AvgIpc) is 2.71. The van der Waals surface area contributed by atoms with Crippen LogP contribution in [0.25, 0.3) is 0 Å². The molecule has 4 atom stereocenters. The van der Waals surface area contributed by atoms with Gasteiger partial charge in [0.1, 0.15) is 0 Å². The highest BCUT2D eigenvalue weighted by Gasteiger charge is 2.36. The SMILES string of the molecule is CC(C)N(C)[C@@H]1CC[C@H](NC(=O)CNC(=O)c2cccc(C(F)(F)F)c2)[C@@H]([C@H](C)O)C1. The number of aliphatic hydroxyl groups is 1. The van der Waals surface area contributed by atoms with Gasteiger partial charge >= 0.3 is 6.18 Å². The number of nitrogens with one attached hydrogen (secondary N) is 2. The molecular weight excluding hydrogens is 411 g/mol. The van der Waals surface area contributed by atoms with Gasteiger partial charge in [0.05, 0.1) is 18.2 Å². The van der Waals surface area contributed by atoms with E-state index in [9.17, 15) is 27.9 Å². The Labute approximate surface area is 181 Å². The van der Waals surface area contributed by atoms with Crippen molar-refractivity contribution in [3.05, 3.63) is 35.4 Å². The van der Waals surface area contributed by atoms with Gasteiger partial charge in [0.2, 0.25) is 5.91 Å². The third-order valence-corrected chi connectivity index (χ3v) is 6.09. The molecule has 0 aliphatic heterocycles. The summed E-state index contributed by atoms with van der Waals surface area (Å²) in [6, 6.07) is 4.51. The van der Waals surface area contributed by atoms with E-state index in [1.165, 1.54) is 6.07 Å². The average molecular weight is 444 g/mol. The highest BCUT2D eigenvalue weighted by Crippen LogP contribution is 2.31.